The highest BCUT2D eigenvalue weighted by molar-refractivity contribution is 5.30. The molecule has 0 radical (unpaired) electrons. The predicted molar refractivity (Wildman–Crippen MR) is 80.8 cm³/mol. The van der Waals surface area contributed by atoms with Crippen LogP contribution in [0.1, 0.15) is 31.4 Å². The van der Waals surface area contributed by atoms with Gasteiger partial charge in [-0.3, -0.25) is 4.68 Å². The summed E-state index contributed by atoms with van der Waals surface area (Å²) >= 11 is 0. The lowest BCUT2D eigenvalue weighted by Gasteiger charge is -2.23. The zero-order chi connectivity index (χ0) is 14.6. The lowest BCUT2D eigenvalue weighted by Crippen LogP contribution is -2.35. The van der Waals surface area contributed by atoms with E-state index in [0.717, 1.165) is 30.7 Å². The zero-order valence-electron chi connectivity index (χ0n) is 12.5. The fourth-order valence-corrected chi connectivity index (χ4v) is 2.28. The molecule has 2 rings (SSSR count). The van der Waals surface area contributed by atoms with Gasteiger partial charge in [0, 0.05) is 23.8 Å². The molecule has 1 aromatic carbocycles. The Morgan fingerprint density at radius 2 is 2.00 bits per heavy atom. The minimum absolute atomic E-state index is 0.416. The Hall–Kier alpha value is -1.81. The molecule has 0 aliphatic rings. The summed E-state index contributed by atoms with van der Waals surface area (Å²) in [5, 5.41) is 4.36. The second-order valence-electron chi connectivity index (χ2n) is 5.43. The van der Waals surface area contributed by atoms with E-state index in [0.29, 0.717) is 0 Å². The molecule has 1 unspecified atom stereocenters. The van der Waals surface area contributed by atoms with Gasteiger partial charge in [-0.05, 0) is 37.5 Å². The van der Waals surface area contributed by atoms with Gasteiger partial charge in [0.15, 0.2) is 0 Å². The van der Waals surface area contributed by atoms with Gasteiger partial charge in [-0.2, -0.15) is 5.10 Å². The van der Waals surface area contributed by atoms with Crippen molar-refractivity contribution in [1.82, 2.24) is 9.78 Å². The number of nitrogens with two attached hydrogens (primary N) is 1. The molecule has 1 heterocycles. The van der Waals surface area contributed by atoms with E-state index >= 15 is 0 Å². The first-order valence-electron chi connectivity index (χ1n) is 7.00. The average Bonchev–Trinajstić information content (AvgIpc) is 2.89. The van der Waals surface area contributed by atoms with Crippen LogP contribution >= 0.6 is 0 Å². The molecule has 0 bridgehead atoms. The van der Waals surface area contributed by atoms with Crippen LogP contribution < -0.4 is 10.5 Å². The summed E-state index contributed by atoms with van der Waals surface area (Å²) in [6, 6.07) is 8.04. The van der Waals surface area contributed by atoms with E-state index in [1.165, 1.54) is 5.56 Å². The first-order chi connectivity index (χ1) is 9.55. The number of hydrogen-bond donors (Lipinski definition) is 1. The van der Waals surface area contributed by atoms with Crippen molar-refractivity contribution in [2.24, 2.45) is 5.73 Å². The van der Waals surface area contributed by atoms with Crippen LogP contribution in [0.4, 0.5) is 0 Å². The van der Waals surface area contributed by atoms with E-state index in [1.807, 2.05) is 36.1 Å². The molecule has 0 saturated carbocycles. The summed E-state index contributed by atoms with van der Waals surface area (Å²) in [7, 11) is 1.67. The fraction of sp³-hybridized carbons (Fsp3) is 0.438. The van der Waals surface area contributed by atoms with Crippen molar-refractivity contribution in [3.8, 4) is 5.75 Å². The predicted octanol–water partition coefficient (Wildman–Crippen LogP) is 2.72. The number of hydrogen-bond acceptors (Lipinski definition) is 3. The van der Waals surface area contributed by atoms with Gasteiger partial charge in [0.05, 0.1) is 13.3 Å². The number of ether oxygens (including phenoxy) is 1. The average molecular weight is 273 g/mol. The number of aryl methyl sites for hydroxylation is 1. The normalized spacial score (nSPS) is 14.0. The fourth-order valence-electron chi connectivity index (χ4n) is 2.28. The van der Waals surface area contributed by atoms with Gasteiger partial charge in [0.1, 0.15) is 5.75 Å². The van der Waals surface area contributed by atoms with Crippen LogP contribution in [0.2, 0.25) is 0 Å². The van der Waals surface area contributed by atoms with Crippen LogP contribution in [0.5, 0.6) is 5.75 Å². The molecule has 0 spiro atoms. The Morgan fingerprint density at radius 1 is 1.30 bits per heavy atom. The third-order valence-electron chi connectivity index (χ3n) is 3.48. The topological polar surface area (TPSA) is 53.1 Å². The lowest BCUT2D eigenvalue weighted by atomic mass is 9.88. The molecule has 108 valence electrons. The van der Waals surface area contributed by atoms with Gasteiger partial charge in [-0.15, -0.1) is 0 Å². The van der Waals surface area contributed by atoms with E-state index < -0.39 is 5.54 Å². The van der Waals surface area contributed by atoms with Gasteiger partial charge >= 0.3 is 0 Å². The third-order valence-corrected chi connectivity index (χ3v) is 3.48. The summed E-state index contributed by atoms with van der Waals surface area (Å²) in [4.78, 5) is 0. The Bertz CT molecular complexity index is 543. The van der Waals surface area contributed by atoms with Gasteiger partial charge in [-0.25, -0.2) is 0 Å². The number of methoxy groups -OCH3 is 1. The van der Waals surface area contributed by atoms with Crippen LogP contribution in [-0.4, -0.2) is 16.9 Å². The van der Waals surface area contributed by atoms with E-state index in [2.05, 4.69) is 24.2 Å². The van der Waals surface area contributed by atoms with Gasteiger partial charge < -0.3 is 10.5 Å². The number of benzene rings is 1. The molecule has 0 aliphatic carbocycles. The summed E-state index contributed by atoms with van der Waals surface area (Å²) in [6.45, 7) is 5.11. The van der Waals surface area contributed by atoms with Gasteiger partial charge in [0.2, 0.25) is 0 Å². The minimum atomic E-state index is -0.416. The van der Waals surface area contributed by atoms with E-state index in [-0.39, 0.29) is 0 Å². The summed E-state index contributed by atoms with van der Waals surface area (Å²) < 4.78 is 7.12. The molecule has 0 aliphatic heterocycles. The Kier molecular flexibility index (Phi) is 4.45. The van der Waals surface area contributed by atoms with Crippen LogP contribution in [0.25, 0.3) is 0 Å². The lowest BCUT2D eigenvalue weighted by molar-refractivity contribution is 0.414. The molecule has 0 amide bonds. The van der Waals surface area contributed by atoms with Crippen molar-refractivity contribution in [2.75, 3.05) is 7.11 Å². The van der Waals surface area contributed by atoms with Crippen molar-refractivity contribution < 1.29 is 4.74 Å². The first-order valence-corrected chi connectivity index (χ1v) is 7.00. The highest BCUT2D eigenvalue weighted by Gasteiger charge is 2.23. The van der Waals surface area contributed by atoms with E-state index in [9.17, 15) is 0 Å². The number of nitrogens with zero attached hydrogens (tertiary/aromatic N) is 2. The molecule has 1 aromatic heterocycles. The largest absolute Gasteiger partial charge is 0.497 e. The maximum Gasteiger partial charge on any atom is 0.118 e. The van der Waals surface area contributed by atoms with Crippen LogP contribution in [0.3, 0.4) is 0 Å². The SMILES string of the molecule is CCCn1cc(C(C)(N)Cc2ccc(OC)cc2)cn1. The quantitative estimate of drug-likeness (QED) is 0.880. The van der Waals surface area contributed by atoms with Crippen LogP contribution in [-0.2, 0) is 18.5 Å². The Morgan fingerprint density at radius 3 is 2.60 bits per heavy atom. The monoisotopic (exact) mass is 273 g/mol. The van der Waals surface area contributed by atoms with Crippen molar-refractivity contribution in [3.63, 3.8) is 0 Å². The number of aromatic nitrogens is 2. The molecule has 4 nitrogen and oxygen atoms in total. The number of rotatable bonds is 6. The molecule has 0 saturated heterocycles. The van der Waals surface area contributed by atoms with Crippen molar-refractivity contribution in [3.05, 3.63) is 47.8 Å². The highest BCUT2D eigenvalue weighted by atomic mass is 16.5. The van der Waals surface area contributed by atoms with Crippen molar-refractivity contribution >= 4 is 0 Å². The van der Waals surface area contributed by atoms with Crippen LogP contribution in [0.15, 0.2) is 36.7 Å². The Balaban J connectivity index is 2.11. The Labute approximate surface area is 120 Å². The second kappa shape index (κ2) is 6.09. The van der Waals surface area contributed by atoms with E-state index in [4.69, 9.17) is 10.5 Å². The molecule has 0 fully saturated rings. The maximum atomic E-state index is 6.47. The van der Waals surface area contributed by atoms with Gasteiger partial charge in [0.25, 0.3) is 0 Å². The summed E-state index contributed by atoms with van der Waals surface area (Å²) in [5.41, 5.74) is 8.31. The molecule has 1 atom stereocenters. The summed E-state index contributed by atoms with van der Waals surface area (Å²) in [5.74, 6) is 0.864. The second-order valence-corrected chi connectivity index (χ2v) is 5.43. The van der Waals surface area contributed by atoms with E-state index in [1.54, 1.807) is 7.11 Å². The molecule has 2 N–H and O–H groups in total. The van der Waals surface area contributed by atoms with Crippen LogP contribution in [0, 0.1) is 0 Å². The van der Waals surface area contributed by atoms with Crippen molar-refractivity contribution in [1.29, 1.82) is 0 Å². The standard InChI is InChI=1S/C16H23N3O/c1-4-9-19-12-14(11-18-19)16(2,17)10-13-5-7-15(20-3)8-6-13/h5-8,11-12H,4,9-10,17H2,1-3H3. The molecular weight excluding hydrogens is 250 g/mol. The highest BCUT2D eigenvalue weighted by Crippen LogP contribution is 2.23. The molecule has 20 heavy (non-hydrogen) atoms. The van der Waals surface area contributed by atoms with Gasteiger partial charge in [-0.1, -0.05) is 19.1 Å². The summed E-state index contributed by atoms with van der Waals surface area (Å²) in [6.07, 6.45) is 5.77. The molecular formula is C16H23N3O. The molecule has 2 aromatic rings. The first kappa shape index (κ1) is 14.6. The smallest absolute Gasteiger partial charge is 0.118 e. The third kappa shape index (κ3) is 3.39. The minimum Gasteiger partial charge on any atom is -0.497 e. The molecule has 4 heteroatoms. The van der Waals surface area contributed by atoms with Crippen molar-refractivity contribution in [2.45, 2.75) is 38.8 Å². The maximum absolute atomic E-state index is 6.47. The zero-order valence-corrected chi connectivity index (χ0v) is 12.5.